The molecule has 1 saturated heterocycles. The summed E-state index contributed by atoms with van der Waals surface area (Å²) in [5.41, 5.74) is 12.1. The summed E-state index contributed by atoms with van der Waals surface area (Å²) in [7, 11) is 0. The van der Waals surface area contributed by atoms with Gasteiger partial charge < -0.3 is 0 Å². The predicted molar refractivity (Wildman–Crippen MR) is 59.2 cm³/mol. The van der Waals surface area contributed by atoms with Gasteiger partial charge in [0, 0.05) is 30.2 Å². The molecule has 95 valence electrons. The van der Waals surface area contributed by atoms with Crippen LogP contribution in [0.5, 0.6) is 0 Å². The second-order valence-corrected chi connectivity index (χ2v) is 3.93. The third kappa shape index (κ3) is 10.6. The fraction of sp³-hybridized carbons (Fsp3) is 1.00. The van der Waals surface area contributed by atoms with Gasteiger partial charge in [0.15, 0.2) is 0 Å². The van der Waals surface area contributed by atoms with Gasteiger partial charge in [-0.05, 0) is 12.8 Å². The van der Waals surface area contributed by atoms with E-state index in [2.05, 4.69) is 21.9 Å². The third-order valence-corrected chi connectivity index (χ3v) is 2.59. The summed E-state index contributed by atoms with van der Waals surface area (Å²) in [5.74, 6) is 0. The van der Waals surface area contributed by atoms with Crippen LogP contribution in [0.1, 0.15) is 51.4 Å². The van der Waals surface area contributed by atoms with Crippen LogP contribution in [-0.4, -0.2) is 13.1 Å². The summed E-state index contributed by atoms with van der Waals surface area (Å²) >= 11 is 0. The zero-order chi connectivity index (χ0) is 9.90. The molecule has 0 aromatic rings. The molecule has 0 aromatic carbocycles. The van der Waals surface area contributed by atoms with Crippen molar-refractivity contribution in [2.75, 3.05) is 13.1 Å². The summed E-state index contributed by atoms with van der Waals surface area (Å²) in [6.45, 7) is 2.07. The Hall–Kier alpha value is 0.359. The van der Waals surface area contributed by atoms with E-state index in [4.69, 9.17) is 0 Å². The molecule has 0 bridgehead atoms. The van der Waals surface area contributed by atoms with E-state index in [0.29, 0.717) is 0 Å². The fourth-order valence-corrected chi connectivity index (χ4v) is 1.70. The molecule has 1 fully saturated rings. The molecule has 4 N–H and O–H groups in total. The molecule has 1 radical (unpaired) electrons. The van der Waals surface area contributed by atoms with Gasteiger partial charge in [-0.2, -0.15) is 11.1 Å². The van der Waals surface area contributed by atoms with E-state index >= 15 is 0 Å². The van der Waals surface area contributed by atoms with Crippen LogP contribution in [0.25, 0.3) is 0 Å². The zero-order valence-corrected chi connectivity index (χ0v) is 10.3. The molecule has 15 heavy (non-hydrogen) atoms. The Morgan fingerprint density at radius 3 is 1.20 bits per heavy atom. The average Bonchev–Trinajstić information content (AvgIpc) is 2.22. The van der Waals surface area contributed by atoms with Gasteiger partial charge in [-0.1, -0.05) is 38.5 Å². The maximum Gasteiger partial charge on any atom is 0.0113 e. The van der Waals surface area contributed by atoms with Crippen LogP contribution in [0.15, 0.2) is 0 Å². The number of rotatable bonds is 0. The first-order valence-corrected chi connectivity index (χ1v) is 5.96. The molecule has 1 heterocycles. The Kier molecular flexibility index (Phi) is 12.7. The molecule has 0 spiro atoms. The van der Waals surface area contributed by atoms with Crippen molar-refractivity contribution in [3.63, 3.8) is 0 Å². The smallest absolute Gasteiger partial charge is 0.0113 e. The number of hydrogen-bond donors (Lipinski definition) is 4. The molecule has 1 aliphatic heterocycles. The van der Waals surface area contributed by atoms with Crippen LogP contribution in [0, 0.1) is 0 Å². The van der Waals surface area contributed by atoms with E-state index in [1.54, 1.807) is 0 Å². The van der Waals surface area contributed by atoms with Gasteiger partial charge in [0.1, 0.15) is 0 Å². The minimum atomic E-state index is 0. The maximum atomic E-state index is 3.12. The van der Waals surface area contributed by atoms with Gasteiger partial charge in [0.05, 0.1) is 0 Å². The Morgan fingerprint density at radius 1 is 0.467 bits per heavy atom. The van der Waals surface area contributed by atoms with Crippen molar-refractivity contribution in [2.45, 2.75) is 51.4 Å². The molecule has 0 unspecified atom stereocenters. The largest absolute Gasteiger partial charge is 0.243 e. The van der Waals surface area contributed by atoms with Crippen LogP contribution in [0.2, 0.25) is 0 Å². The number of hydrogen-bond acceptors (Lipinski definition) is 4. The van der Waals surface area contributed by atoms with Crippen LogP contribution in [0.4, 0.5) is 0 Å². The van der Waals surface area contributed by atoms with E-state index in [1.807, 2.05) is 0 Å². The van der Waals surface area contributed by atoms with E-state index < -0.39 is 0 Å². The zero-order valence-electron chi connectivity index (χ0n) is 9.37. The van der Waals surface area contributed by atoms with Crippen LogP contribution < -0.4 is 21.9 Å². The second-order valence-electron chi connectivity index (χ2n) is 3.93. The van der Waals surface area contributed by atoms with Gasteiger partial charge in [-0.15, -0.1) is 0 Å². The van der Waals surface area contributed by atoms with Crippen LogP contribution in [0.3, 0.4) is 0 Å². The molecule has 0 saturated carbocycles. The maximum absolute atomic E-state index is 3.12. The van der Waals surface area contributed by atoms with Crippen molar-refractivity contribution >= 4 is 0 Å². The summed E-state index contributed by atoms with van der Waals surface area (Å²) in [6, 6.07) is 0. The van der Waals surface area contributed by atoms with Gasteiger partial charge in [-0.3, -0.25) is 0 Å². The van der Waals surface area contributed by atoms with Crippen LogP contribution in [-0.2, 0) is 17.1 Å². The van der Waals surface area contributed by atoms with E-state index in [1.165, 1.54) is 51.4 Å². The first kappa shape index (κ1) is 15.4. The molecule has 0 atom stereocenters. The molecule has 0 aromatic heterocycles. The Balaban J connectivity index is 0.00000196. The molecular formula is C10H24CuN4. The van der Waals surface area contributed by atoms with Crippen molar-refractivity contribution in [2.24, 2.45) is 0 Å². The normalized spacial score (nSPS) is 22.4. The van der Waals surface area contributed by atoms with Gasteiger partial charge in [0.2, 0.25) is 0 Å². The second kappa shape index (κ2) is 12.4. The topological polar surface area (TPSA) is 48.1 Å². The van der Waals surface area contributed by atoms with E-state index in [0.717, 1.165) is 13.1 Å². The van der Waals surface area contributed by atoms with Crippen molar-refractivity contribution in [1.82, 2.24) is 21.9 Å². The minimum Gasteiger partial charge on any atom is -0.243 e. The molecule has 1 aliphatic rings. The predicted octanol–water partition coefficient (Wildman–Crippen LogP) is 1.22. The van der Waals surface area contributed by atoms with Crippen molar-refractivity contribution in [3.05, 3.63) is 0 Å². The standard InChI is InChI=1S/C10H24N4.Cu/c1-2-4-6-8-10-12-14-13-11-9-7-5-3-1;/h11-14H,1-10H2;. The third-order valence-electron chi connectivity index (χ3n) is 2.59. The monoisotopic (exact) mass is 263 g/mol. The van der Waals surface area contributed by atoms with Gasteiger partial charge >= 0.3 is 0 Å². The van der Waals surface area contributed by atoms with Crippen LogP contribution >= 0.6 is 0 Å². The Morgan fingerprint density at radius 2 is 0.800 bits per heavy atom. The summed E-state index contributed by atoms with van der Waals surface area (Å²) in [4.78, 5) is 0. The number of hydrazine groups is 3. The summed E-state index contributed by atoms with van der Waals surface area (Å²) in [5, 5.41) is 0. The minimum absolute atomic E-state index is 0. The fourth-order valence-electron chi connectivity index (χ4n) is 1.70. The Bertz CT molecular complexity index is 70.7. The van der Waals surface area contributed by atoms with Crippen molar-refractivity contribution < 1.29 is 17.1 Å². The first-order chi connectivity index (χ1) is 7.00. The average molecular weight is 264 g/mol. The Labute approximate surface area is 104 Å². The summed E-state index contributed by atoms with van der Waals surface area (Å²) in [6.07, 6.45) is 10.8. The van der Waals surface area contributed by atoms with Crippen molar-refractivity contribution in [3.8, 4) is 0 Å². The first-order valence-electron chi connectivity index (χ1n) is 5.96. The quantitative estimate of drug-likeness (QED) is 0.497. The molecule has 0 amide bonds. The molecule has 4 nitrogen and oxygen atoms in total. The van der Waals surface area contributed by atoms with Gasteiger partial charge in [-0.25, -0.2) is 10.9 Å². The van der Waals surface area contributed by atoms with Gasteiger partial charge in [0.25, 0.3) is 0 Å². The summed E-state index contributed by atoms with van der Waals surface area (Å²) < 4.78 is 0. The number of nitrogens with one attached hydrogen (secondary N) is 4. The van der Waals surface area contributed by atoms with E-state index in [9.17, 15) is 0 Å². The molecular weight excluding hydrogens is 240 g/mol. The van der Waals surface area contributed by atoms with Crippen molar-refractivity contribution in [1.29, 1.82) is 0 Å². The molecule has 1 rings (SSSR count). The van der Waals surface area contributed by atoms with E-state index in [-0.39, 0.29) is 17.1 Å². The molecule has 0 aliphatic carbocycles. The SMILES string of the molecule is C1CCCCCNNNNCCCC1.[Cu]. The molecule has 5 heteroatoms.